The fourth-order valence-electron chi connectivity index (χ4n) is 5.73. The molecule has 0 amide bonds. The van der Waals surface area contributed by atoms with E-state index in [4.69, 9.17) is 9.47 Å². The number of pyridine rings is 1. The van der Waals surface area contributed by atoms with E-state index in [1.807, 2.05) is 48.6 Å². The van der Waals surface area contributed by atoms with Crippen molar-refractivity contribution in [2.24, 2.45) is 10.2 Å². The topological polar surface area (TPSA) is 75.8 Å². The Morgan fingerprint density at radius 3 is 2.62 bits per heavy atom. The van der Waals surface area contributed by atoms with Crippen molar-refractivity contribution in [1.82, 2.24) is 13.9 Å². The summed E-state index contributed by atoms with van der Waals surface area (Å²) in [6.07, 6.45) is 1.21. The fraction of sp³-hybridized carbons (Fsp3) is 0.464. The number of imidazole rings is 1. The van der Waals surface area contributed by atoms with E-state index in [2.05, 4.69) is 10.2 Å². The standard InChI is InChI=1S/C28H31F3N6O3/c1-18-6-21(27(15-39-16-27)10-25-33-32-17-34(25)3)9-22(7-18)36-14-24-23(28(29,30)31)8-20(13-37(24)26(36)38)12-35-4-5-40-19(2)11-35/h6-9,13-14,17,19H,4-5,10-12,15-16H2,1-3H3/q+1/t19-/m1/s1. The van der Waals surface area contributed by atoms with E-state index < -0.39 is 17.4 Å². The van der Waals surface area contributed by atoms with Crippen molar-refractivity contribution >= 4 is 11.9 Å². The third-order valence-corrected chi connectivity index (χ3v) is 7.87. The number of rotatable bonds is 6. The van der Waals surface area contributed by atoms with Crippen molar-refractivity contribution in [3.8, 4) is 5.69 Å². The smallest absolute Gasteiger partial charge is 0.379 e. The van der Waals surface area contributed by atoms with Gasteiger partial charge >= 0.3 is 24.4 Å². The molecular weight excluding hydrogens is 525 g/mol. The Morgan fingerprint density at radius 1 is 1.18 bits per heavy atom. The van der Waals surface area contributed by atoms with Crippen molar-refractivity contribution in [2.75, 3.05) is 40.0 Å². The Kier molecular flexibility index (Phi) is 6.67. The molecule has 2 saturated heterocycles. The van der Waals surface area contributed by atoms with Gasteiger partial charge < -0.3 is 9.47 Å². The highest BCUT2D eigenvalue weighted by Gasteiger charge is 2.46. The number of aryl methyl sites for hydroxylation is 1. The van der Waals surface area contributed by atoms with Gasteiger partial charge in [0.25, 0.3) is 0 Å². The normalized spacial score (nSPS) is 21.6. The molecule has 0 N–H and O–H groups in total. The number of aromatic nitrogens is 2. The summed E-state index contributed by atoms with van der Waals surface area (Å²) in [5.41, 5.74) is 0.819. The maximum Gasteiger partial charge on any atom is 0.418 e. The van der Waals surface area contributed by atoms with E-state index >= 15 is 0 Å². The Hall–Kier alpha value is -3.35. The monoisotopic (exact) mass is 556 g/mol. The molecule has 211 valence electrons. The molecule has 0 aliphatic carbocycles. The third kappa shape index (κ3) is 4.88. The molecule has 5 heterocycles. The second-order valence-corrected chi connectivity index (χ2v) is 11.1. The molecular formula is C28H31F3N6O3+. The summed E-state index contributed by atoms with van der Waals surface area (Å²) < 4.78 is 58.2. The first-order chi connectivity index (χ1) is 19.0. The molecule has 1 radical (unpaired) electrons. The number of morpholine rings is 1. The second-order valence-electron chi connectivity index (χ2n) is 11.1. The van der Waals surface area contributed by atoms with Crippen LogP contribution in [-0.2, 0) is 27.6 Å². The number of alkyl halides is 3. The molecule has 12 heteroatoms. The van der Waals surface area contributed by atoms with Gasteiger partial charge in [-0.15, -0.1) is 0 Å². The maximum atomic E-state index is 14.2. The van der Waals surface area contributed by atoms with Gasteiger partial charge in [0.15, 0.2) is 0 Å². The first-order valence-electron chi connectivity index (χ1n) is 13.2. The van der Waals surface area contributed by atoms with E-state index in [9.17, 15) is 18.0 Å². The minimum atomic E-state index is -4.63. The zero-order valence-corrected chi connectivity index (χ0v) is 22.6. The molecule has 40 heavy (non-hydrogen) atoms. The quantitative estimate of drug-likeness (QED) is 0.432. The molecule has 2 aromatic heterocycles. The number of hydrogen-bond donors (Lipinski definition) is 0. The van der Waals surface area contributed by atoms with Crippen LogP contribution in [-0.4, -0.2) is 70.8 Å². The van der Waals surface area contributed by atoms with E-state index in [1.54, 1.807) is 6.34 Å². The van der Waals surface area contributed by atoms with Gasteiger partial charge in [0, 0.05) is 43.9 Å². The number of fused-ring (bicyclic) bond motifs is 1. The Bertz CT molecular complexity index is 1570. The minimum absolute atomic E-state index is 0.00286. The Morgan fingerprint density at radius 2 is 1.98 bits per heavy atom. The molecule has 1 atom stereocenters. The number of hydrogen-bond acceptors (Lipinski definition) is 6. The third-order valence-electron chi connectivity index (χ3n) is 7.87. The van der Waals surface area contributed by atoms with Gasteiger partial charge in [0.2, 0.25) is 0 Å². The van der Waals surface area contributed by atoms with Gasteiger partial charge in [-0.1, -0.05) is 6.07 Å². The van der Waals surface area contributed by atoms with E-state index in [1.165, 1.54) is 17.0 Å². The molecule has 0 spiro atoms. The largest absolute Gasteiger partial charge is 0.418 e. The number of nitrogens with zero attached hydrogens (tertiary/aromatic N) is 6. The summed E-state index contributed by atoms with van der Waals surface area (Å²) in [6.45, 7) is 6.82. The molecule has 6 rings (SSSR count). The molecule has 3 aliphatic heterocycles. The zero-order valence-electron chi connectivity index (χ0n) is 22.6. The molecule has 9 nitrogen and oxygen atoms in total. The van der Waals surface area contributed by atoms with Gasteiger partial charge in [0.05, 0.1) is 54.9 Å². The van der Waals surface area contributed by atoms with Crippen LogP contribution in [0.4, 0.5) is 13.2 Å². The number of benzene rings is 1. The molecule has 0 unspecified atom stereocenters. The molecule has 3 aromatic rings. The summed E-state index contributed by atoms with van der Waals surface area (Å²) in [6, 6.07) is 6.87. The van der Waals surface area contributed by atoms with Crippen molar-refractivity contribution < 1.29 is 27.2 Å². The lowest BCUT2D eigenvalue weighted by atomic mass is 9.74. The van der Waals surface area contributed by atoms with Gasteiger partial charge in [-0.05, 0) is 53.9 Å². The van der Waals surface area contributed by atoms with E-state index in [0.29, 0.717) is 57.1 Å². The lowest BCUT2D eigenvalue weighted by Crippen LogP contribution is -2.48. The van der Waals surface area contributed by atoms with Gasteiger partial charge in [0.1, 0.15) is 0 Å². The summed E-state index contributed by atoms with van der Waals surface area (Å²) in [5, 5.41) is 8.20. The first kappa shape index (κ1) is 26.9. The van der Waals surface area contributed by atoms with E-state index in [0.717, 1.165) is 27.8 Å². The maximum absolute atomic E-state index is 14.2. The number of halogens is 3. The van der Waals surface area contributed by atoms with Crippen molar-refractivity contribution in [2.45, 2.75) is 44.5 Å². The van der Waals surface area contributed by atoms with Crippen LogP contribution in [0.5, 0.6) is 0 Å². The first-order valence-corrected chi connectivity index (χ1v) is 13.2. The molecule has 1 aromatic carbocycles. The highest BCUT2D eigenvalue weighted by Crippen LogP contribution is 2.41. The minimum Gasteiger partial charge on any atom is -0.379 e. The average Bonchev–Trinajstić information content (AvgIpc) is 3.42. The predicted octanol–water partition coefficient (Wildman–Crippen LogP) is 3.92. The van der Waals surface area contributed by atoms with Crippen molar-refractivity contribution in [3.05, 3.63) is 75.6 Å². The van der Waals surface area contributed by atoms with Crippen LogP contribution in [0.15, 0.2) is 51.7 Å². The predicted molar refractivity (Wildman–Crippen MR) is 141 cm³/mol. The lowest BCUT2D eigenvalue weighted by molar-refractivity contribution is -0.478. The number of ether oxygens (including phenoxy) is 2. The van der Waals surface area contributed by atoms with Crippen LogP contribution in [0.3, 0.4) is 0 Å². The molecule has 2 fully saturated rings. The van der Waals surface area contributed by atoms with Crippen molar-refractivity contribution in [3.63, 3.8) is 0 Å². The van der Waals surface area contributed by atoms with E-state index in [-0.39, 0.29) is 17.0 Å². The highest BCUT2D eigenvalue weighted by atomic mass is 19.4. The van der Waals surface area contributed by atoms with Crippen molar-refractivity contribution in [1.29, 1.82) is 0 Å². The van der Waals surface area contributed by atoms with Gasteiger partial charge in [-0.2, -0.15) is 13.2 Å². The van der Waals surface area contributed by atoms with Crippen LogP contribution in [0.1, 0.15) is 35.6 Å². The molecule has 0 bridgehead atoms. The zero-order chi connectivity index (χ0) is 28.2. The van der Waals surface area contributed by atoms with Crippen LogP contribution in [0.2, 0.25) is 0 Å². The Balaban J connectivity index is 1.41. The average molecular weight is 557 g/mol. The summed E-state index contributed by atoms with van der Waals surface area (Å²) in [4.78, 5) is 15.7. The van der Waals surface area contributed by atoms with Crippen LogP contribution >= 0.6 is 0 Å². The summed E-state index contributed by atoms with van der Waals surface area (Å²) in [5.74, 6) is 0. The highest BCUT2D eigenvalue weighted by molar-refractivity contribution is 5.58. The molecule has 3 aliphatic rings. The molecule has 0 saturated carbocycles. The van der Waals surface area contributed by atoms with Gasteiger partial charge in [-0.25, -0.2) is 9.37 Å². The van der Waals surface area contributed by atoms with Gasteiger partial charge in [-0.3, -0.25) is 13.9 Å². The summed E-state index contributed by atoms with van der Waals surface area (Å²) >= 11 is 0. The second kappa shape index (κ2) is 9.93. The SMILES string of the molecule is Cc1cc(-n2cc3c(C(F)(F)F)cc(CN4CCO[C@H](C)C4)cn3c2=O)cc(C2(C[C]3N=NC=[N+]3C)COC2)c1. The fourth-order valence-corrected chi connectivity index (χ4v) is 5.73. The summed E-state index contributed by atoms with van der Waals surface area (Å²) in [7, 11) is 1.88. The number of azo groups is 1. The Labute approximate surface area is 229 Å². The van der Waals surface area contributed by atoms with Crippen LogP contribution < -0.4 is 5.69 Å². The van der Waals surface area contributed by atoms with Crippen LogP contribution in [0, 0.1) is 13.1 Å². The lowest BCUT2D eigenvalue weighted by Gasteiger charge is -2.42. The van der Waals surface area contributed by atoms with Crippen LogP contribution in [0.25, 0.3) is 11.2 Å².